The van der Waals surface area contributed by atoms with Crippen LogP contribution in [0.25, 0.3) is 11.3 Å². The number of rotatable bonds is 8. The van der Waals surface area contributed by atoms with Crippen LogP contribution in [-0.2, 0) is 17.8 Å². The van der Waals surface area contributed by atoms with Gasteiger partial charge < -0.3 is 20.4 Å². The normalized spacial score (nSPS) is 10.8. The Hall–Kier alpha value is -3.03. The van der Waals surface area contributed by atoms with Crippen molar-refractivity contribution < 1.29 is 14.0 Å². The summed E-state index contributed by atoms with van der Waals surface area (Å²) in [5, 5.41) is 9.39. The number of amides is 3. The fourth-order valence-electron chi connectivity index (χ4n) is 2.88. The number of anilines is 1. The first kappa shape index (κ1) is 23.6. The summed E-state index contributed by atoms with van der Waals surface area (Å²) in [6.45, 7) is 4.16. The largest absolute Gasteiger partial charge is 0.441 e. The average molecular weight is 475 g/mol. The Morgan fingerprint density at radius 2 is 1.84 bits per heavy atom. The molecule has 0 unspecified atom stereocenters. The van der Waals surface area contributed by atoms with Crippen molar-refractivity contribution >= 4 is 40.8 Å². The highest BCUT2D eigenvalue weighted by Gasteiger charge is 2.12. The zero-order valence-corrected chi connectivity index (χ0v) is 19.3. The number of oxazole rings is 1. The fourth-order valence-corrected chi connectivity index (χ4v) is 3.39. The molecule has 0 radical (unpaired) electrons. The minimum absolute atomic E-state index is 0.0580. The highest BCUT2D eigenvalue weighted by atomic mass is 35.5. The van der Waals surface area contributed by atoms with E-state index in [9.17, 15) is 9.59 Å². The van der Waals surface area contributed by atoms with E-state index >= 15 is 0 Å². The number of halogens is 2. The number of carbonyl (C=O) groups excluding carboxylic acids is 2. The van der Waals surface area contributed by atoms with Crippen LogP contribution >= 0.6 is 23.2 Å². The van der Waals surface area contributed by atoms with Gasteiger partial charge in [-0.25, -0.2) is 9.78 Å². The third-order valence-electron chi connectivity index (χ3n) is 4.44. The zero-order valence-electron chi connectivity index (χ0n) is 17.7. The summed E-state index contributed by atoms with van der Waals surface area (Å²) in [6.07, 6.45) is 2.19. The molecule has 1 heterocycles. The molecule has 168 valence electrons. The van der Waals surface area contributed by atoms with Crippen molar-refractivity contribution in [2.45, 2.75) is 39.3 Å². The molecule has 0 spiro atoms. The van der Waals surface area contributed by atoms with Gasteiger partial charge in [0.1, 0.15) is 0 Å². The average Bonchev–Trinajstić information content (AvgIpc) is 3.20. The Balaban J connectivity index is 1.45. The Morgan fingerprint density at radius 1 is 1.09 bits per heavy atom. The van der Waals surface area contributed by atoms with Crippen LogP contribution < -0.4 is 16.0 Å². The molecule has 7 nitrogen and oxygen atoms in total. The van der Waals surface area contributed by atoms with Crippen molar-refractivity contribution in [2.24, 2.45) is 0 Å². The van der Waals surface area contributed by atoms with Crippen molar-refractivity contribution in [3.63, 3.8) is 0 Å². The molecule has 0 fully saturated rings. The number of benzene rings is 2. The second kappa shape index (κ2) is 11.0. The predicted molar refractivity (Wildman–Crippen MR) is 126 cm³/mol. The number of aromatic nitrogens is 1. The SMILES string of the molecule is CC(C)NC(=O)Nc1ccc(CNC(=O)CCc2ncc(-c3ccc(Cl)cc3Cl)o2)cc1. The summed E-state index contributed by atoms with van der Waals surface area (Å²) in [7, 11) is 0. The van der Waals surface area contributed by atoms with Gasteiger partial charge in [-0.2, -0.15) is 0 Å². The lowest BCUT2D eigenvalue weighted by atomic mass is 10.2. The first-order chi connectivity index (χ1) is 15.3. The second-order valence-electron chi connectivity index (χ2n) is 7.47. The van der Waals surface area contributed by atoms with Crippen molar-refractivity contribution in [3.05, 3.63) is 70.2 Å². The lowest BCUT2D eigenvalue weighted by Gasteiger charge is -2.10. The molecular weight excluding hydrogens is 451 g/mol. The third-order valence-corrected chi connectivity index (χ3v) is 4.99. The molecule has 0 saturated heterocycles. The zero-order chi connectivity index (χ0) is 23.1. The molecule has 0 saturated carbocycles. The van der Waals surface area contributed by atoms with E-state index in [4.69, 9.17) is 27.6 Å². The van der Waals surface area contributed by atoms with E-state index in [-0.39, 0.29) is 24.4 Å². The van der Waals surface area contributed by atoms with Crippen molar-refractivity contribution in [2.75, 3.05) is 5.32 Å². The van der Waals surface area contributed by atoms with Gasteiger partial charge in [-0.15, -0.1) is 0 Å². The monoisotopic (exact) mass is 474 g/mol. The molecular formula is C23H24Cl2N4O3. The maximum Gasteiger partial charge on any atom is 0.319 e. The van der Waals surface area contributed by atoms with Crippen LogP contribution in [0.5, 0.6) is 0 Å². The molecule has 3 aromatic rings. The highest BCUT2D eigenvalue weighted by molar-refractivity contribution is 6.36. The van der Waals surface area contributed by atoms with Gasteiger partial charge >= 0.3 is 6.03 Å². The van der Waals surface area contributed by atoms with Crippen molar-refractivity contribution in [3.8, 4) is 11.3 Å². The summed E-state index contributed by atoms with van der Waals surface area (Å²) in [4.78, 5) is 28.1. The summed E-state index contributed by atoms with van der Waals surface area (Å²) < 4.78 is 5.71. The van der Waals surface area contributed by atoms with Crippen LogP contribution in [0.1, 0.15) is 31.7 Å². The quantitative estimate of drug-likeness (QED) is 0.405. The third kappa shape index (κ3) is 7.00. The van der Waals surface area contributed by atoms with Gasteiger partial charge in [0, 0.05) is 41.7 Å². The molecule has 0 aliphatic heterocycles. The Morgan fingerprint density at radius 3 is 2.53 bits per heavy atom. The van der Waals surface area contributed by atoms with Crippen LogP contribution in [0.2, 0.25) is 10.0 Å². The van der Waals surface area contributed by atoms with E-state index < -0.39 is 0 Å². The van der Waals surface area contributed by atoms with E-state index in [1.807, 2.05) is 26.0 Å². The highest BCUT2D eigenvalue weighted by Crippen LogP contribution is 2.30. The van der Waals surface area contributed by atoms with Gasteiger partial charge in [-0.05, 0) is 49.7 Å². The van der Waals surface area contributed by atoms with E-state index in [0.717, 1.165) is 5.56 Å². The molecule has 2 aromatic carbocycles. The molecule has 32 heavy (non-hydrogen) atoms. The topological polar surface area (TPSA) is 96.3 Å². The van der Waals surface area contributed by atoms with E-state index in [1.165, 1.54) is 0 Å². The number of urea groups is 1. The summed E-state index contributed by atoms with van der Waals surface area (Å²) >= 11 is 12.1. The van der Waals surface area contributed by atoms with Crippen LogP contribution in [0.3, 0.4) is 0 Å². The standard InChI is InChI=1S/C23H24Cl2N4O3/c1-14(2)28-23(31)29-17-6-3-15(4-7-17)12-26-21(30)9-10-22-27-13-20(32-22)18-8-5-16(24)11-19(18)25/h3-8,11,13-14H,9-10,12H2,1-2H3,(H,26,30)(H2,28,29,31). The molecule has 0 aliphatic rings. The molecule has 0 atom stereocenters. The molecule has 0 bridgehead atoms. The maximum atomic E-state index is 12.2. The molecule has 3 amide bonds. The number of hydrogen-bond acceptors (Lipinski definition) is 4. The van der Waals surface area contributed by atoms with Gasteiger partial charge in [0.15, 0.2) is 11.7 Å². The Kier molecular flexibility index (Phi) is 8.14. The number of nitrogens with one attached hydrogen (secondary N) is 3. The maximum absolute atomic E-state index is 12.2. The first-order valence-electron chi connectivity index (χ1n) is 10.1. The fraction of sp³-hybridized carbons (Fsp3) is 0.261. The number of nitrogens with zero attached hydrogens (tertiary/aromatic N) is 1. The molecule has 3 rings (SSSR count). The minimum Gasteiger partial charge on any atom is -0.441 e. The first-order valence-corrected chi connectivity index (χ1v) is 10.9. The smallest absolute Gasteiger partial charge is 0.319 e. The summed E-state index contributed by atoms with van der Waals surface area (Å²) in [5.74, 6) is 0.863. The van der Waals surface area contributed by atoms with Crippen LogP contribution in [0.4, 0.5) is 10.5 Å². The molecule has 3 N–H and O–H groups in total. The van der Waals surface area contributed by atoms with E-state index in [1.54, 1.807) is 36.5 Å². The molecule has 1 aromatic heterocycles. The van der Waals surface area contributed by atoms with Gasteiger partial charge in [0.25, 0.3) is 0 Å². The van der Waals surface area contributed by atoms with Gasteiger partial charge in [0.05, 0.1) is 11.2 Å². The summed E-state index contributed by atoms with van der Waals surface area (Å²) in [6, 6.07) is 12.2. The number of carbonyl (C=O) groups is 2. The minimum atomic E-state index is -0.255. The lowest BCUT2D eigenvalue weighted by molar-refractivity contribution is -0.121. The lowest BCUT2D eigenvalue weighted by Crippen LogP contribution is -2.34. The van der Waals surface area contributed by atoms with Crippen molar-refractivity contribution in [1.29, 1.82) is 0 Å². The van der Waals surface area contributed by atoms with Crippen LogP contribution in [-0.4, -0.2) is 23.0 Å². The Labute approximate surface area is 196 Å². The van der Waals surface area contributed by atoms with Gasteiger partial charge in [0.2, 0.25) is 5.91 Å². The van der Waals surface area contributed by atoms with Gasteiger partial charge in [-0.1, -0.05) is 35.3 Å². The van der Waals surface area contributed by atoms with Crippen molar-refractivity contribution in [1.82, 2.24) is 15.6 Å². The number of hydrogen-bond donors (Lipinski definition) is 3. The second-order valence-corrected chi connectivity index (χ2v) is 8.31. The molecule has 0 aliphatic carbocycles. The summed E-state index contributed by atoms with van der Waals surface area (Å²) in [5.41, 5.74) is 2.29. The predicted octanol–water partition coefficient (Wildman–Crippen LogP) is 5.43. The number of aryl methyl sites for hydroxylation is 1. The van der Waals surface area contributed by atoms with Gasteiger partial charge in [-0.3, -0.25) is 4.79 Å². The van der Waals surface area contributed by atoms with E-state index in [0.29, 0.717) is 45.9 Å². The van der Waals surface area contributed by atoms with Crippen LogP contribution in [0.15, 0.2) is 53.1 Å². The Bertz CT molecular complexity index is 1080. The molecule has 9 heteroatoms. The van der Waals surface area contributed by atoms with E-state index in [2.05, 4.69) is 20.9 Å². The van der Waals surface area contributed by atoms with Crippen LogP contribution in [0, 0.1) is 0 Å².